The van der Waals surface area contributed by atoms with Crippen LogP contribution in [0.25, 0.3) is 0 Å². The monoisotopic (exact) mass is 290 g/mol. The highest BCUT2D eigenvalue weighted by atomic mass is 32.1. The van der Waals surface area contributed by atoms with E-state index in [0.717, 1.165) is 11.3 Å². The third-order valence-electron chi connectivity index (χ3n) is 4.27. The molecular weight excluding hydrogens is 268 g/mol. The summed E-state index contributed by atoms with van der Waals surface area (Å²) in [6, 6.07) is 2.62. The Morgan fingerprint density at radius 2 is 2.15 bits per heavy atom. The molecule has 3 nitrogen and oxygen atoms in total. The zero-order valence-electron chi connectivity index (χ0n) is 12.0. The van der Waals surface area contributed by atoms with Crippen molar-refractivity contribution in [2.45, 2.75) is 57.6 Å². The van der Waals surface area contributed by atoms with Crippen molar-refractivity contribution in [3.05, 3.63) is 39.8 Å². The Hall–Kier alpha value is -1.13. The molecule has 4 heteroatoms. The lowest BCUT2D eigenvalue weighted by Gasteiger charge is -2.21. The molecule has 1 N–H and O–H groups in total. The van der Waals surface area contributed by atoms with E-state index in [1.807, 2.05) is 5.38 Å². The van der Waals surface area contributed by atoms with Crippen molar-refractivity contribution in [1.29, 1.82) is 0 Å². The van der Waals surface area contributed by atoms with E-state index in [9.17, 15) is 5.11 Å². The van der Waals surface area contributed by atoms with Gasteiger partial charge < -0.3 is 5.11 Å². The first-order valence-corrected chi connectivity index (χ1v) is 8.43. The average molecular weight is 290 g/mol. The van der Waals surface area contributed by atoms with Crippen LogP contribution in [0.1, 0.15) is 61.1 Å². The number of aryl methyl sites for hydroxylation is 1. The Bertz CT molecular complexity index is 554. The molecule has 0 aromatic carbocycles. The summed E-state index contributed by atoms with van der Waals surface area (Å²) < 4.78 is 2.11. The summed E-state index contributed by atoms with van der Waals surface area (Å²) in [6.07, 6.45) is 8.74. The molecule has 1 aliphatic rings. The predicted octanol–water partition coefficient (Wildman–Crippen LogP) is 4.03. The Morgan fingerprint density at radius 3 is 2.85 bits per heavy atom. The molecule has 0 saturated heterocycles. The maximum absolute atomic E-state index is 10.3. The molecule has 108 valence electrons. The number of thiophene rings is 1. The number of rotatable bonds is 4. The summed E-state index contributed by atoms with van der Waals surface area (Å²) in [4.78, 5) is 0. The molecule has 2 heterocycles. The van der Waals surface area contributed by atoms with Crippen LogP contribution in [0.4, 0.5) is 0 Å². The lowest BCUT2D eigenvalue weighted by atomic mass is 9.96. The van der Waals surface area contributed by atoms with Gasteiger partial charge in [0.1, 0.15) is 0 Å². The van der Waals surface area contributed by atoms with Crippen molar-refractivity contribution in [3.8, 4) is 0 Å². The number of nitrogens with zero attached hydrogens (tertiary/aromatic N) is 2. The van der Waals surface area contributed by atoms with Gasteiger partial charge in [-0.25, -0.2) is 0 Å². The van der Waals surface area contributed by atoms with E-state index >= 15 is 0 Å². The summed E-state index contributed by atoms with van der Waals surface area (Å²) >= 11 is 1.65. The van der Waals surface area contributed by atoms with Gasteiger partial charge in [-0.05, 0) is 47.7 Å². The van der Waals surface area contributed by atoms with Crippen LogP contribution < -0.4 is 0 Å². The summed E-state index contributed by atoms with van der Waals surface area (Å²) in [6.45, 7) is 2.05. The summed E-state index contributed by atoms with van der Waals surface area (Å²) in [5, 5.41) is 19.1. The van der Waals surface area contributed by atoms with E-state index in [0.29, 0.717) is 12.5 Å². The van der Waals surface area contributed by atoms with Gasteiger partial charge in [-0.2, -0.15) is 16.4 Å². The van der Waals surface area contributed by atoms with Gasteiger partial charge in [0, 0.05) is 12.6 Å². The van der Waals surface area contributed by atoms with E-state index in [1.165, 1.54) is 37.7 Å². The van der Waals surface area contributed by atoms with Crippen LogP contribution in [0, 0.1) is 6.92 Å². The highest BCUT2D eigenvalue weighted by Crippen LogP contribution is 2.28. The van der Waals surface area contributed by atoms with E-state index in [2.05, 4.69) is 34.3 Å². The molecule has 2 aromatic rings. The van der Waals surface area contributed by atoms with Gasteiger partial charge >= 0.3 is 0 Å². The van der Waals surface area contributed by atoms with Crippen LogP contribution in [0.5, 0.6) is 0 Å². The van der Waals surface area contributed by atoms with E-state index in [-0.39, 0.29) is 0 Å². The molecule has 1 unspecified atom stereocenters. The number of aliphatic hydroxyl groups is 1. The van der Waals surface area contributed by atoms with Crippen LogP contribution in [-0.4, -0.2) is 14.9 Å². The minimum Gasteiger partial charge on any atom is -0.388 e. The van der Waals surface area contributed by atoms with Crippen LogP contribution in [0.15, 0.2) is 23.0 Å². The maximum Gasteiger partial charge on any atom is 0.0856 e. The standard InChI is InChI=1S/C16H22N2OS/c1-12-10-20-11-15(12)16(19)9-13-7-8-18(17-13)14-5-3-2-4-6-14/h7-8,10-11,14,16,19H,2-6,9H2,1H3. The van der Waals surface area contributed by atoms with Gasteiger partial charge in [0.05, 0.1) is 17.8 Å². The Morgan fingerprint density at radius 1 is 1.35 bits per heavy atom. The summed E-state index contributed by atoms with van der Waals surface area (Å²) in [7, 11) is 0. The second-order valence-electron chi connectivity index (χ2n) is 5.81. The quantitative estimate of drug-likeness (QED) is 0.923. The number of hydrogen-bond acceptors (Lipinski definition) is 3. The number of hydrogen-bond donors (Lipinski definition) is 1. The highest BCUT2D eigenvalue weighted by molar-refractivity contribution is 7.08. The van der Waals surface area contributed by atoms with Crippen molar-refractivity contribution in [2.24, 2.45) is 0 Å². The topological polar surface area (TPSA) is 38.0 Å². The zero-order valence-corrected chi connectivity index (χ0v) is 12.8. The first-order chi connectivity index (χ1) is 9.74. The van der Waals surface area contributed by atoms with Crippen molar-refractivity contribution in [3.63, 3.8) is 0 Å². The summed E-state index contributed by atoms with van der Waals surface area (Å²) in [5.74, 6) is 0. The fourth-order valence-corrected chi connectivity index (χ4v) is 3.95. The van der Waals surface area contributed by atoms with Crippen LogP contribution >= 0.6 is 11.3 Å². The first-order valence-electron chi connectivity index (χ1n) is 7.49. The molecule has 0 spiro atoms. The fraction of sp³-hybridized carbons (Fsp3) is 0.562. The SMILES string of the molecule is Cc1cscc1C(O)Cc1ccn(C2CCCCC2)n1. The van der Waals surface area contributed by atoms with Crippen molar-refractivity contribution in [2.75, 3.05) is 0 Å². The van der Waals surface area contributed by atoms with Crippen LogP contribution in [0.2, 0.25) is 0 Å². The van der Waals surface area contributed by atoms with Gasteiger partial charge in [-0.15, -0.1) is 0 Å². The highest BCUT2D eigenvalue weighted by Gasteiger charge is 2.18. The van der Waals surface area contributed by atoms with E-state index in [4.69, 9.17) is 0 Å². The van der Waals surface area contributed by atoms with Crippen LogP contribution in [-0.2, 0) is 6.42 Å². The molecular formula is C16H22N2OS. The minimum absolute atomic E-state index is 0.434. The second-order valence-corrected chi connectivity index (χ2v) is 6.55. The maximum atomic E-state index is 10.3. The predicted molar refractivity (Wildman–Crippen MR) is 82.1 cm³/mol. The normalized spacial score (nSPS) is 18.3. The molecule has 1 saturated carbocycles. The van der Waals surface area contributed by atoms with Gasteiger partial charge in [-0.3, -0.25) is 4.68 Å². The number of aromatic nitrogens is 2. The Labute approximate surface area is 124 Å². The van der Waals surface area contributed by atoms with Crippen molar-refractivity contribution >= 4 is 11.3 Å². The molecule has 1 fully saturated rings. The minimum atomic E-state index is -0.434. The van der Waals surface area contributed by atoms with Gasteiger partial charge in [0.15, 0.2) is 0 Å². The Balaban J connectivity index is 1.66. The molecule has 20 heavy (non-hydrogen) atoms. The largest absolute Gasteiger partial charge is 0.388 e. The van der Waals surface area contributed by atoms with Crippen molar-refractivity contribution in [1.82, 2.24) is 9.78 Å². The molecule has 1 atom stereocenters. The second kappa shape index (κ2) is 6.10. The van der Waals surface area contributed by atoms with Gasteiger partial charge in [0.25, 0.3) is 0 Å². The number of aliphatic hydroxyl groups excluding tert-OH is 1. The van der Waals surface area contributed by atoms with E-state index < -0.39 is 6.10 Å². The lowest BCUT2D eigenvalue weighted by Crippen LogP contribution is -2.13. The average Bonchev–Trinajstić information content (AvgIpc) is 3.09. The molecule has 0 amide bonds. The zero-order chi connectivity index (χ0) is 13.9. The van der Waals surface area contributed by atoms with Crippen molar-refractivity contribution < 1.29 is 5.11 Å². The smallest absolute Gasteiger partial charge is 0.0856 e. The molecule has 3 rings (SSSR count). The molecule has 0 aliphatic heterocycles. The Kier molecular flexibility index (Phi) is 4.22. The molecule has 0 bridgehead atoms. The van der Waals surface area contributed by atoms with Gasteiger partial charge in [0.2, 0.25) is 0 Å². The molecule has 2 aromatic heterocycles. The fourth-order valence-electron chi connectivity index (χ4n) is 3.05. The van der Waals surface area contributed by atoms with E-state index in [1.54, 1.807) is 11.3 Å². The van der Waals surface area contributed by atoms with Gasteiger partial charge in [-0.1, -0.05) is 19.3 Å². The first kappa shape index (κ1) is 13.8. The summed E-state index contributed by atoms with van der Waals surface area (Å²) in [5.41, 5.74) is 3.21. The molecule has 1 aliphatic carbocycles. The van der Waals surface area contributed by atoms with Crippen LogP contribution in [0.3, 0.4) is 0 Å². The lowest BCUT2D eigenvalue weighted by molar-refractivity contribution is 0.176. The third-order valence-corrected chi connectivity index (χ3v) is 5.15. The third kappa shape index (κ3) is 2.96. The molecule has 0 radical (unpaired) electrons.